The predicted octanol–water partition coefficient (Wildman–Crippen LogP) is 2.12. The molecule has 1 aromatic carbocycles. The van der Waals surface area contributed by atoms with Gasteiger partial charge in [-0.15, -0.1) is 0 Å². The van der Waals surface area contributed by atoms with Gasteiger partial charge in [-0.2, -0.15) is 0 Å². The average Bonchev–Trinajstić information content (AvgIpc) is 2.30. The Balaban J connectivity index is 2.36. The van der Waals surface area contributed by atoms with E-state index in [4.69, 9.17) is 10.5 Å². The van der Waals surface area contributed by atoms with Gasteiger partial charge in [0.2, 0.25) is 0 Å². The highest BCUT2D eigenvalue weighted by molar-refractivity contribution is 5.77. The minimum atomic E-state index is -0.114. The number of carbonyl (C=O) groups is 1. The molecule has 4 nitrogen and oxygen atoms in total. The summed E-state index contributed by atoms with van der Waals surface area (Å²) in [6, 6.07) is 5.53. The first kappa shape index (κ1) is 14.4. The maximum absolute atomic E-state index is 11.5. The molecule has 0 unspecified atom stereocenters. The third kappa shape index (κ3) is 4.65. The van der Waals surface area contributed by atoms with E-state index in [2.05, 4.69) is 19.2 Å². The maximum Gasteiger partial charge on any atom is 0.257 e. The number of rotatable bonds is 6. The number of nitrogens with one attached hydrogen (secondary N) is 1. The lowest BCUT2D eigenvalue weighted by molar-refractivity contribution is -0.123. The van der Waals surface area contributed by atoms with Crippen molar-refractivity contribution in [2.75, 3.05) is 18.9 Å². The number of nitrogen functional groups attached to an aromatic ring is 1. The van der Waals surface area contributed by atoms with Crippen LogP contribution in [0.3, 0.4) is 0 Å². The molecule has 0 atom stereocenters. The quantitative estimate of drug-likeness (QED) is 0.760. The Morgan fingerprint density at radius 2 is 2.17 bits per heavy atom. The van der Waals surface area contributed by atoms with E-state index in [0.29, 0.717) is 23.9 Å². The van der Waals surface area contributed by atoms with Crippen molar-refractivity contribution < 1.29 is 9.53 Å². The van der Waals surface area contributed by atoms with Crippen LogP contribution in [-0.4, -0.2) is 19.1 Å². The highest BCUT2D eigenvalue weighted by Crippen LogP contribution is 2.23. The van der Waals surface area contributed by atoms with Crippen molar-refractivity contribution in [3.8, 4) is 5.75 Å². The van der Waals surface area contributed by atoms with Crippen LogP contribution in [0.2, 0.25) is 0 Å². The fourth-order valence-electron chi connectivity index (χ4n) is 1.47. The molecule has 0 saturated carbocycles. The Morgan fingerprint density at radius 1 is 1.44 bits per heavy atom. The molecular formula is C14H22N2O2. The molecule has 0 radical (unpaired) electrons. The van der Waals surface area contributed by atoms with Crippen LogP contribution in [0.15, 0.2) is 18.2 Å². The van der Waals surface area contributed by atoms with E-state index in [1.54, 1.807) is 6.07 Å². The molecule has 1 amide bonds. The van der Waals surface area contributed by atoms with Crippen molar-refractivity contribution in [3.63, 3.8) is 0 Å². The molecule has 0 saturated heterocycles. The molecule has 0 spiro atoms. The van der Waals surface area contributed by atoms with Crippen molar-refractivity contribution in [2.45, 2.75) is 27.2 Å². The van der Waals surface area contributed by atoms with E-state index in [1.807, 2.05) is 19.1 Å². The zero-order chi connectivity index (χ0) is 13.5. The second-order valence-corrected chi connectivity index (χ2v) is 4.81. The van der Waals surface area contributed by atoms with Crippen molar-refractivity contribution in [3.05, 3.63) is 23.8 Å². The second kappa shape index (κ2) is 6.89. The van der Waals surface area contributed by atoms with Gasteiger partial charge in [-0.1, -0.05) is 26.0 Å². The normalized spacial score (nSPS) is 10.4. The third-order valence-electron chi connectivity index (χ3n) is 2.69. The monoisotopic (exact) mass is 250 g/mol. The minimum Gasteiger partial charge on any atom is -0.482 e. The summed E-state index contributed by atoms with van der Waals surface area (Å²) in [5, 5.41) is 2.81. The molecule has 0 bridgehead atoms. The van der Waals surface area contributed by atoms with Gasteiger partial charge in [-0.25, -0.2) is 0 Å². The van der Waals surface area contributed by atoms with Gasteiger partial charge in [0.1, 0.15) is 5.75 Å². The molecule has 0 fully saturated rings. The topological polar surface area (TPSA) is 64.3 Å². The molecule has 0 aromatic heterocycles. The molecule has 1 aromatic rings. The average molecular weight is 250 g/mol. The van der Waals surface area contributed by atoms with Gasteiger partial charge in [0.25, 0.3) is 5.91 Å². The Kier molecular flexibility index (Phi) is 5.49. The number of benzene rings is 1. The summed E-state index contributed by atoms with van der Waals surface area (Å²) in [5.41, 5.74) is 7.39. The standard InChI is InChI=1S/C14H22N2O2/c1-10(2)7-8-16-13(17)9-18-12-6-4-5-11(3)14(12)15/h4-6,10H,7-9,15H2,1-3H3,(H,16,17). The van der Waals surface area contributed by atoms with Gasteiger partial charge in [0, 0.05) is 6.54 Å². The number of carbonyl (C=O) groups excluding carboxylic acids is 1. The van der Waals surface area contributed by atoms with Crippen LogP contribution in [-0.2, 0) is 4.79 Å². The second-order valence-electron chi connectivity index (χ2n) is 4.81. The van der Waals surface area contributed by atoms with E-state index in [1.165, 1.54) is 0 Å². The number of hydrogen-bond acceptors (Lipinski definition) is 3. The number of nitrogens with two attached hydrogens (primary N) is 1. The van der Waals surface area contributed by atoms with E-state index in [9.17, 15) is 4.79 Å². The van der Waals surface area contributed by atoms with Crippen molar-refractivity contribution in [1.82, 2.24) is 5.32 Å². The molecule has 0 aliphatic heterocycles. The van der Waals surface area contributed by atoms with Gasteiger partial charge < -0.3 is 15.8 Å². The van der Waals surface area contributed by atoms with Crippen LogP contribution in [0.25, 0.3) is 0 Å². The first-order valence-corrected chi connectivity index (χ1v) is 6.25. The highest BCUT2D eigenvalue weighted by Gasteiger charge is 2.06. The lowest BCUT2D eigenvalue weighted by Gasteiger charge is -2.11. The van der Waals surface area contributed by atoms with Crippen molar-refractivity contribution in [1.29, 1.82) is 0 Å². The number of ether oxygens (including phenoxy) is 1. The number of aryl methyl sites for hydroxylation is 1. The van der Waals surface area contributed by atoms with Crippen LogP contribution in [0.5, 0.6) is 5.75 Å². The first-order chi connectivity index (χ1) is 8.50. The van der Waals surface area contributed by atoms with Crippen molar-refractivity contribution >= 4 is 11.6 Å². The lowest BCUT2D eigenvalue weighted by atomic mass is 10.1. The summed E-state index contributed by atoms with van der Waals surface area (Å²) in [6.07, 6.45) is 0.971. The lowest BCUT2D eigenvalue weighted by Crippen LogP contribution is -2.30. The molecule has 0 aliphatic rings. The first-order valence-electron chi connectivity index (χ1n) is 6.25. The van der Waals surface area contributed by atoms with Crippen LogP contribution in [0, 0.1) is 12.8 Å². The molecular weight excluding hydrogens is 228 g/mol. The van der Waals surface area contributed by atoms with Gasteiger partial charge in [0.05, 0.1) is 5.69 Å². The summed E-state index contributed by atoms with van der Waals surface area (Å²) < 4.78 is 5.40. The Labute approximate surface area is 109 Å². The number of para-hydroxylation sites is 1. The van der Waals surface area contributed by atoms with Gasteiger partial charge >= 0.3 is 0 Å². The summed E-state index contributed by atoms with van der Waals surface area (Å²) >= 11 is 0. The van der Waals surface area contributed by atoms with Gasteiger partial charge in [0.15, 0.2) is 6.61 Å². The number of amides is 1. The predicted molar refractivity (Wildman–Crippen MR) is 73.6 cm³/mol. The SMILES string of the molecule is Cc1cccc(OCC(=O)NCCC(C)C)c1N. The molecule has 0 heterocycles. The molecule has 4 heteroatoms. The maximum atomic E-state index is 11.5. The number of anilines is 1. The van der Waals surface area contributed by atoms with E-state index in [0.717, 1.165) is 12.0 Å². The van der Waals surface area contributed by atoms with Crippen LogP contribution in [0.1, 0.15) is 25.8 Å². The van der Waals surface area contributed by atoms with Crippen LogP contribution in [0.4, 0.5) is 5.69 Å². The van der Waals surface area contributed by atoms with Crippen LogP contribution >= 0.6 is 0 Å². The van der Waals surface area contributed by atoms with Gasteiger partial charge in [-0.05, 0) is 30.9 Å². The Bertz CT molecular complexity index is 403. The molecule has 1 rings (SSSR count). The Morgan fingerprint density at radius 3 is 2.83 bits per heavy atom. The summed E-state index contributed by atoms with van der Waals surface area (Å²) in [6.45, 7) is 6.84. The highest BCUT2D eigenvalue weighted by atomic mass is 16.5. The number of hydrogen-bond donors (Lipinski definition) is 2. The zero-order valence-corrected chi connectivity index (χ0v) is 11.3. The molecule has 100 valence electrons. The molecule has 3 N–H and O–H groups in total. The Hall–Kier alpha value is -1.71. The van der Waals surface area contributed by atoms with Gasteiger partial charge in [-0.3, -0.25) is 4.79 Å². The molecule has 18 heavy (non-hydrogen) atoms. The smallest absolute Gasteiger partial charge is 0.257 e. The molecule has 0 aliphatic carbocycles. The fourth-order valence-corrected chi connectivity index (χ4v) is 1.47. The fraction of sp³-hybridized carbons (Fsp3) is 0.500. The van der Waals surface area contributed by atoms with E-state index in [-0.39, 0.29) is 12.5 Å². The third-order valence-corrected chi connectivity index (χ3v) is 2.69. The zero-order valence-electron chi connectivity index (χ0n) is 11.3. The minimum absolute atomic E-state index is 0.00570. The van der Waals surface area contributed by atoms with Crippen molar-refractivity contribution in [2.24, 2.45) is 5.92 Å². The largest absolute Gasteiger partial charge is 0.482 e. The van der Waals surface area contributed by atoms with E-state index >= 15 is 0 Å². The van der Waals surface area contributed by atoms with E-state index < -0.39 is 0 Å². The summed E-state index contributed by atoms with van der Waals surface area (Å²) in [5.74, 6) is 1.03. The summed E-state index contributed by atoms with van der Waals surface area (Å²) in [4.78, 5) is 11.5. The van der Waals surface area contributed by atoms with Crippen LogP contribution < -0.4 is 15.8 Å². The summed E-state index contributed by atoms with van der Waals surface area (Å²) in [7, 11) is 0.